The van der Waals surface area contributed by atoms with Crippen molar-refractivity contribution < 1.29 is 23.9 Å². The minimum Gasteiger partial charge on any atom is -0.380 e. The molecular weight excluding hydrogens is 502 g/mol. The number of aromatic nitrogens is 2. The molecule has 0 spiro atoms. The molecule has 12 heteroatoms. The molecule has 2 amide bonds. The molecule has 0 aliphatic carbocycles. The van der Waals surface area contributed by atoms with Crippen molar-refractivity contribution in [1.82, 2.24) is 14.9 Å². The Hall–Kier alpha value is -4.30. The van der Waals surface area contributed by atoms with Crippen LogP contribution in [0.25, 0.3) is 0 Å². The number of methoxy groups -OCH3 is 1. The first kappa shape index (κ1) is 26.3. The van der Waals surface area contributed by atoms with Gasteiger partial charge in [0.1, 0.15) is 35.0 Å². The minimum atomic E-state index is -0.424. The van der Waals surface area contributed by atoms with Crippen LogP contribution in [0.15, 0.2) is 24.0 Å². The van der Waals surface area contributed by atoms with Gasteiger partial charge in [0.15, 0.2) is 6.29 Å². The molecule has 0 aromatic carbocycles. The molecule has 0 bridgehead atoms. The van der Waals surface area contributed by atoms with E-state index in [1.165, 1.54) is 11.1 Å². The lowest BCUT2D eigenvalue weighted by molar-refractivity contribution is 0.0718. The van der Waals surface area contributed by atoms with Gasteiger partial charge in [0, 0.05) is 57.7 Å². The third kappa shape index (κ3) is 5.47. The van der Waals surface area contributed by atoms with E-state index >= 15 is 0 Å². The number of urea groups is 1. The molecule has 202 valence electrons. The molecule has 1 atom stereocenters. The summed E-state index contributed by atoms with van der Waals surface area (Å²) >= 11 is 0. The second kappa shape index (κ2) is 11.6. The van der Waals surface area contributed by atoms with Gasteiger partial charge < -0.3 is 19.3 Å². The number of carbonyl (C=O) groups excluding carboxylic acids is 3. The number of carbonyl (C=O) groups is 2. The number of hydrogen-bond acceptors (Lipinski definition) is 10. The third-order valence-electron chi connectivity index (χ3n) is 7.29. The molecule has 0 saturated carbocycles. The van der Waals surface area contributed by atoms with Gasteiger partial charge in [-0.05, 0) is 30.9 Å². The fourth-order valence-electron chi connectivity index (χ4n) is 5.21. The highest BCUT2D eigenvalue weighted by molar-refractivity contribution is 6.02. The number of amides is 2. The van der Waals surface area contributed by atoms with Crippen molar-refractivity contribution >= 4 is 35.6 Å². The maximum atomic E-state index is 13.4. The number of nitrogens with one attached hydrogen (secondary N) is 1. The lowest BCUT2D eigenvalue weighted by Crippen LogP contribution is -2.40. The number of fused-ring (bicyclic) bond motifs is 1. The second-order valence-electron chi connectivity index (χ2n) is 9.63. The maximum Gasteiger partial charge on any atom is 0.328 e. The summed E-state index contributed by atoms with van der Waals surface area (Å²) in [6, 6.07) is 5.34. The SMILES string of the molecule is COC1CCN(c2cc(NC(=O)N3CCCc4cc(CN5CCOCC5=C=O)c(C=O)nc43)ncc2C#N)C1. The van der Waals surface area contributed by atoms with E-state index < -0.39 is 6.03 Å². The quantitative estimate of drug-likeness (QED) is 0.434. The Balaban J connectivity index is 1.37. The molecule has 5 rings (SSSR count). The standard InChI is InChI=1S/C27H29N7O5/c1-38-22-4-6-33(14-22)24-10-25(29-12-20(24)11-28)31-27(37)34-5-2-3-18-9-19(23(16-36)30-26(18)34)13-32-7-8-39-17-21(32)15-35/h9-10,12,16,22H,2-8,13-14,17H2,1H3,(H,29,31,37). The largest absolute Gasteiger partial charge is 0.380 e. The van der Waals surface area contributed by atoms with E-state index in [0.717, 1.165) is 24.9 Å². The predicted octanol–water partition coefficient (Wildman–Crippen LogP) is 1.92. The van der Waals surface area contributed by atoms with E-state index in [0.29, 0.717) is 79.6 Å². The molecule has 5 heterocycles. The molecule has 1 N–H and O–H groups in total. The van der Waals surface area contributed by atoms with E-state index in [1.807, 2.05) is 16.9 Å². The Morgan fingerprint density at radius 3 is 2.95 bits per heavy atom. The molecule has 2 aromatic rings. The van der Waals surface area contributed by atoms with E-state index in [4.69, 9.17) is 9.47 Å². The van der Waals surface area contributed by atoms with Crippen LogP contribution in [-0.2, 0) is 27.2 Å². The number of aryl methyl sites for hydroxylation is 1. The molecule has 1 unspecified atom stereocenters. The number of nitrogens with zero attached hydrogens (tertiary/aromatic N) is 6. The molecule has 3 aliphatic rings. The van der Waals surface area contributed by atoms with Crippen LogP contribution in [0.3, 0.4) is 0 Å². The first-order valence-electron chi connectivity index (χ1n) is 12.9. The summed E-state index contributed by atoms with van der Waals surface area (Å²) in [6.07, 6.45) is 4.48. The molecular formula is C27H29N7O5. The fraction of sp³-hybridized carbons (Fsp3) is 0.444. The van der Waals surface area contributed by atoms with Gasteiger partial charge in [-0.2, -0.15) is 5.26 Å². The van der Waals surface area contributed by atoms with Crippen LogP contribution < -0.4 is 15.1 Å². The lowest BCUT2D eigenvalue weighted by Gasteiger charge is -2.31. The highest BCUT2D eigenvalue weighted by Gasteiger charge is 2.29. The Labute approximate surface area is 225 Å². The van der Waals surface area contributed by atoms with Crippen molar-refractivity contribution in [2.75, 3.05) is 61.6 Å². The molecule has 0 radical (unpaired) electrons. The van der Waals surface area contributed by atoms with Crippen LogP contribution >= 0.6 is 0 Å². The molecule has 2 aromatic heterocycles. The lowest BCUT2D eigenvalue weighted by atomic mass is 10.0. The third-order valence-corrected chi connectivity index (χ3v) is 7.29. The van der Waals surface area contributed by atoms with E-state index in [2.05, 4.69) is 26.3 Å². The number of hydrogen-bond donors (Lipinski definition) is 1. The van der Waals surface area contributed by atoms with Crippen LogP contribution in [0.1, 0.15) is 40.0 Å². The molecule has 3 aliphatic heterocycles. The highest BCUT2D eigenvalue weighted by atomic mass is 16.5. The van der Waals surface area contributed by atoms with Gasteiger partial charge >= 0.3 is 6.03 Å². The first-order valence-corrected chi connectivity index (χ1v) is 12.9. The molecule has 39 heavy (non-hydrogen) atoms. The first-order chi connectivity index (χ1) is 19.0. The summed E-state index contributed by atoms with van der Waals surface area (Å²) in [5.41, 5.74) is 3.26. The van der Waals surface area contributed by atoms with Gasteiger partial charge in [0.2, 0.25) is 0 Å². The number of nitriles is 1. The summed E-state index contributed by atoms with van der Waals surface area (Å²) in [4.78, 5) is 50.9. The van der Waals surface area contributed by atoms with Crippen LogP contribution in [0.5, 0.6) is 0 Å². The number of aldehydes is 1. The zero-order valence-corrected chi connectivity index (χ0v) is 21.7. The Morgan fingerprint density at radius 2 is 2.21 bits per heavy atom. The van der Waals surface area contributed by atoms with Gasteiger partial charge in [-0.25, -0.2) is 19.6 Å². The van der Waals surface area contributed by atoms with Gasteiger partial charge in [-0.3, -0.25) is 15.0 Å². The topological polar surface area (TPSA) is 141 Å². The number of ether oxygens (including phenoxy) is 2. The normalized spacial score (nSPS) is 18.8. The molecule has 2 saturated heterocycles. The van der Waals surface area contributed by atoms with Gasteiger partial charge in [0.05, 0.1) is 30.6 Å². The number of pyridine rings is 2. The fourth-order valence-corrected chi connectivity index (χ4v) is 5.21. The van der Waals surface area contributed by atoms with Crippen LogP contribution in [0.2, 0.25) is 0 Å². The zero-order valence-electron chi connectivity index (χ0n) is 21.7. The summed E-state index contributed by atoms with van der Waals surface area (Å²) in [6.45, 7) is 3.31. The minimum absolute atomic E-state index is 0.0832. The summed E-state index contributed by atoms with van der Waals surface area (Å²) in [5.74, 6) is 2.66. The average Bonchev–Trinajstić information content (AvgIpc) is 3.46. The van der Waals surface area contributed by atoms with E-state index in [-0.39, 0.29) is 18.4 Å². The Kier molecular flexibility index (Phi) is 7.84. The second-order valence-corrected chi connectivity index (χ2v) is 9.63. The monoisotopic (exact) mass is 531 g/mol. The summed E-state index contributed by atoms with van der Waals surface area (Å²) < 4.78 is 10.8. The number of morpholine rings is 1. The predicted molar refractivity (Wildman–Crippen MR) is 141 cm³/mol. The van der Waals surface area contributed by atoms with Crippen LogP contribution in [-0.4, -0.2) is 85.7 Å². The Bertz CT molecular complexity index is 1370. The van der Waals surface area contributed by atoms with Crippen molar-refractivity contribution in [3.8, 4) is 6.07 Å². The van der Waals surface area contributed by atoms with Crippen LogP contribution in [0, 0.1) is 11.3 Å². The maximum absolute atomic E-state index is 13.4. The van der Waals surface area contributed by atoms with E-state index in [1.54, 1.807) is 13.2 Å². The number of rotatable bonds is 6. The highest BCUT2D eigenvalue weighted by Crippen LogP contribution is 2.30. The van der Waals surface area contributed by atoms with Crippen molar-refractivity contribution in [2.24, 2.45) is 0 Å². The summed E-state index contributed by atoms with van der Waals surface area (Å²) in [7, 11) is 1.67. The van der Waals surface area contributed by atoms with E-state index in [9.17, 15) is 19.6 Å². The number of anilines is 3. The Morgan fingerprint density at radius 1 is 1.33 bits per heavy atom. The average molecular weight is 532 g/mol. The van der Waals surface area contributed by atoms with Crippen molar-refractivity contribution in [3.63, 3.8) is 0 Å². The zero-order chi connectivity index (χ0) is 27.4. The van der Waals surface area contributed by atoms with Gasteiger partial charge in [0.25, 0.3) is 0 Å². The van der Waals surface area contributed by atoms with Crippen molar-refractivity contribution in [1.29, 1.82) is 5.26 Å². The van der Waals surface area contributed by atoms with Crippen molar-refractivity contribution in [3.05, 3.63) is 46.4 Å². The molecule has 2 fully saturated rings. The van der Waals surface area contributed by atoms with Crippen molar-refractivity contribution in [2.45, 2.75) is 31.9 Å². The van der Waals surface area contributed by atoms with Gasteiger partial charge in [-0.1, -0.05) is 0 Å². The summed E-state index contributed by atoms with van der Waals surface area (Å²) in [5, 5.41) is 12.4. The smallest absolute Gasteiger partial charge is 0.328 e. The van der Waals surface area contributed by atoms with Gasteiger partial charge in [-0.15, -0.1) is 0 Å². The molecule has 12 nitrogen and oxygen atoms in total. The van der Waals surface area contributed by atoms with Crippen LogP contribution in [0.4, 0.5) is 22.1 Å².